The summed E-state index contributed by atoms with van der Waals surface area (Å²) in [5.74, 6) is 0.453. The molecule has 0 aliphatic carbocycles. The Labute approximate surface area is 200 Å². The number of rotatable bonds is 11. The van der Waals surface area contributed by atoms with Crippen LogP contribution in [0.3, 0.4) is 0 Å². The van der Waals surface area contributed by atoms with Crippen LogP contribution < -0.4 is 9.47 Å². The van der Waals surface area contributed by atoms with Crippen LogP contribution in [0.1, 0.15) is 59.7 Å². The predicted octanol–water partition coefficient (Wildman–Crippen LogP) is 4.24. The lowest BCUT2D eigenvalue weighted by Gasteiger charge is -2.25. The normalized spacial score (nSPS) is 13.3. The van der Waals surface area contributed by atoms with E-state index in [1.807, 2.05) is 39.8 Å². The molecule has 34 heavy (non-hydrogen) atoms. The fourth-order valence-corrected chi connectivity index (χ4v) is 3.94. The first-order valence-corrected chi connectivity index (χ1v) is 11.5. The molecule has 3 rings (SSSR count). The molecule has 0 aliphatic heterocycles. The Morgan fingerprint density at radius 3 is 2.26 bits per heavy atom. The van der Waals surface area contributed by atoms with Gasteiger partial charge in [-0.2, -0.15) is 5.10 Å². The summed E-state index contributed by atoms with van der Waals surface area (Å²) in [4.78, 5) is 11.8. The van der Waals surface area contributed by atoms with E-state index >= 15 is 0 Å². The zero-order valence-electron chi connectivity index (χ0n) is 20.7. The van der Waals surface area contributed by atoms with Gasteiger partial charge in [-0.1, -0.05) is 20.8 Å². The topological polar surface area (TPSA) is 103 Å². The molecule has 8 heteroatoms. The number of benzene rings is 1. The number of nitrogens with zero attached hydrogens (tertiary/aromatic N) is 2. The van der Waals surface area contributed by atoms with Crippen LogP contribution in [0.15, 0.2) is 30.3 Å². The van der Waals surface area contributed by atoms with E-state index in [4.69, 9.17) is 14.2 Å². The standard InChI is InChI=1S/C26H34N2O6/c1-7-17-8-20-12-19(27-28(20)21(9-17)26(30)31)13-24(34-14-15(2)3)25(29)18-10-22(32-5)16(4)23(11-18)33-6/h8-12,15,24-25,29H,7,13-14H2,1-6H3,(H,30,31). The van der Waals surface area contributed by atoms with Gasteiger partial charge in [-0.25, -0.2) is 9.31 Å². The van der Waals surface area contributed by atoms with Crippen molar-refractivity contribution in [2.45, 2.75) is 52.7 Å². The van der Waals surface area contributed by atoms with Crippen LogP contribution in [0, 0.1) is 12.8 Å². The van der Waals surface area contributed by atoms with Crippen LogP contribution in [0.2, 0.25) is 0 Å². The summed E-state index contributed by atoms with van der Waals surface area (Å²) in [5.41, 5.74) is 3.80. The number of ether oxygens (including phenoxy) is 3. The Kier molecular flexibility index (Phi) is 8.17. The van der Waals surface area contributed by atoms with Crippen molar-refractivity contribution in [3.05, 3.63) is 58.4 Å². The second-order valence-corrected chi connectivity index (χ2v) is 8.84. The molecular formula is C26H34N2O6. The molecule has 0 spiro atoms. The van der Waals surface area contributed by atoms with Crippen LogP contribution in [-0.2, 0) is 17.6 Å². The molecule has 2 atom stereocenters. The van der Waals surface area contributed by atoms with Crippen LogP contribution in [0.4, 0.5) is 0 Å². The highest BCUT2D eigenvalue weighted by Gasteiger charge is 2.26. The SMILES string of the molecule is CCc1cc(C(=O)O)n2nc(CC(OCC(C)C)C(O)c3cc(OC)c(C)c(OC)c3)cc2c1. The van der Waals surface area contributed by atoms with Crippen molar-refractivity contribution < 1.29 is 29.2 Å². The summed E-state index contributed by atoms with van der Waals surface area (Å²) in [5, 5.41) is 25.5. The van der Waals surface area contributed by atoms with E-state index in [0.29, 0.717) is 47.7 Å². The van der Waals surface area contributed by atoms with Crippen LogP contribution in [0.5, 0.6) is 11.5 Å². The average Bonchev–Trinajstić information content (AvgIpc) is 3.22. The summed E-state index contributed by atoms with van der Waals surface area (Å²) < 4.78 is 18.5. The van der Waals surface area contributed by atoms with Crippen LogP contribution in [-0.4, -0.2) is 52.7 Å². The number of aliphatic hydroxyl groups is 1. The maximum atomic E-state index is 11.8. The van der Waals surface area contributed by atoms with Gasteiger partial charge in [0.05, 0.1) is 31.5 Å². The van der Waals surface area contributed by atoms with Crippen molar-refractivity contribution in [1.29, 1.82) is 0 Å². The molecule has 0 fully saturated rings. The van der Waals surface area contributed by atoms with E-state index in [0.717, 1.165) is 11.1 Å². The molecule has 0 amide bonds. The van der Waals surface area contributed by atoms with E-state index in [2.05, 4.69) is 5.10 Å². The number of fused-ring (bicyclic) bond motifs is 1. The average molecular weight is 471 g/mol. The fraction of sp³-hybridized carbons (Fsp3) is 0.462. The number of carboxylic acids is 1. The van der Waals surface area contributed by atoms with Gasteiger partial charge in [-0.3, -0.25) is 0 Å². The number of aliphatic hydroxyl groups excluding tert-OH is 1. The Hall–Kier alpha value is -3.10. The number of pyridine rings is 1. The molecule has 2 N–H and O–H groups in total. The van der Waals surface area contributed by atoms with Crippen molar-refractivity contribution in [3.8, 4) is 11.5 Å². The molecule has 2 unspecified atom stereocenters. The summed E-state index contributed by atoms with van der Waals surface area (Å²) in [6.07, 6.45) is -0.567. The first-order chi connectivity index (χ1) is 16.2. The second kappa shape index (κ2) is 10.9. The summed E-state index contributed by atoms with van der Waals surface area (Å²) in [6, 6.07) is 8.99. The minimum Gasteiger partial charge on any atom is -0.496 e. The molecule has 0 radical (unpaired) electrons. The number of aryl methyl sites for hydroxylation is 1. The lowest BCUT2D eigenvalue weighted by molar-refractivity contribution is -0.0477. The Balaban J connectivity index is 1.99. The summed E-state index contributed by atoms with van der Waals surface area (Å²) in [7, 11) is 3.15. The zero-order valence-corrected chi connectivity index (χ0v) is 20.7. The molecular weight excluding hydrogens is 436 g/mol. The van der Waals surface area contributed by atoms with Gasteiger partial charge in [0.2, 0.25) is 0 Å². The highest BCUT2D eigenvalue weighted by molar-refractivity contribution is 5.87. The van der Waals surface area contributed by atoms with Crippen molar-refractivity contribution in [2.24, 2.45) is 5.92 Å². The molecule has 2 heterocycles. The van der Waals surface area contributed by atoms with Gasteiger partial charge in [0, 0.05) is 18.6 Å². The number of hydrogen-bond donors (Lipinski definition) is 2. The van der Waals surface area contributed by atoms with Gasteiger partial charge < -0.3 is 24.4 Å². The second-order valence-electron chi connectivity index (χ2n) is 8.84. The third-order valence-electron chi connectivity index (χ3n) is 5.82. The first-order valence-electron chi connectivity index (χ1n) is 11.5. The maximum Gasteiger partial charge on any atom is 0.354 e. The van der Waals surface area contributed by atoms with Crippen molar-refractivity contribution >= 4 is 11.5 Å². The lowest BCUT2D eigenvalue weighted by atomic mass is 9.98. The number of carbonyl (C=O) groups is 1. The van der Waals surface area contributed by atoms with Gasteiger partial charge in [0.25, 0.3) is 0 Å². The van der Waals surface area contributed by atoms with Gasteiger partial charge >= 0.3 is 5.97 Å². The molecule has 8 nitrogen and oxygen atoms in total. The van der Waals surface area contributed by atoms with Gasteiger partial charge in [0.1, 0.15) is 17.6 Å². The minimum absolute atomic E-state index is 0.105. The predicted molar refractivity (Wildman–Crippen MR) is 129 cm³/mol. The van der Waals surface area contributed by atoms with Crippen molar-refractivity contribution in [2.75, 3.05) is 20.8 Å². The number of aromatic nitrogens is 2. The number of methoxy groups -OCH3 is 2. The number of aromatic carboxylic acids is 1. The van der Waals surface area contributed by atoms with E-state index in [9.17, 15) is 15.0 Å². The molecule has 0 bridgehead atoms. The first kappa shape index (κ1) is 25.5. The van der Waals surface area contributed by atoms with E-state index in [1.165, 1.54) is 4.52 Å². The smallest absolute Gasteiger partial charge is 0.354 e. The maximum absolute atomic E-state index is 11.8. The quantitative estimate of drug-likeness (QED) is 0.432. The summed E-state index contributed by atoms with van der Waals surface area (Å²) >= 11 is 0. The molecule has 3 aromatic rings. The summed E-state index contributed by atoms with van der Waals surface area (Å²) in [6.45, 7) is 8.40. The van der Waals surface area contributed by atoms with Crippen molar-refractivity contribution in [1.82, 2.24) is 9.61 Å². The molecule has 0 saturated carbocycles. The molecule has 0 aliphatic rings. The molecule has 0 saturated heterocycles. The third-order valence-corrected chi connectivity index (χ3v) is 5.82. The number of carboxylic acid groups (broad SMARTS) is 1. The zero-order chi connectivity index (χ0) is 25.0. The Morgan fingerprint density at radius 2 is 1.74 bits per heavy atom. The van der Waals surface area contributed by atoms with Crippen molar-refractivity contribution in [3.63, 3.8) is 0 Å². The van der Waals surface area contributed by atoms with E-state index in [-0.39, 0.29) is 11.6 Å². The van der Waals surface area contributed by atoms with Crippen LogP contribution in [0.25, 0.3) is 5.52 Å². The highest BCUT2D eigenvalue weighted by Crippen LogP contribution is 2.34. The van der Waals surface area contributed by atoms with Crippen LogP contribution >= 0.6 is 0 Å². The Bertz CT molecular complexity index is 1130. The number of hydrogen-bond acceptors (Lipinski definition) is 6. The van der Waals surface area contributed by atoms with E-state index in [1.54, 1.807) is 32.4 Å². The minimum atomic E-state index is -1.04. The lowest BCUT2D eigenvalue weighted by Crippen LogP contribution is -2.27. The van der Waals surface area contributed by atoms with Gasteiger partial charge in [0.15, 0.2) is 5.69 Å². The monoisotopic (exact) mass is 470 g/mol. The molecule has 1 aromatic carbocycles. The molecule has 2 aromatic heterocycles. The fourth-order valence-electron chi connectivity index (χ4n) is 3.94. The van der Waals surface area contributed by atoms with Gasteiger partial charge in [-0.05, 0) is 60.7 Å². The Morgan fingerprint density at radius 1 is 1.09 bits per heavy atom. The highest BCUT2D eigenvalue weighted by atomic mass is 16.5. The largest absolute Gasteiger partial charge is 0.496 e. The van der Waals surface area contributed by atoms with E-state index < -0.39 is 18.2 Å². The van der Waals surface area contributed by atoms with Gasteiger partial charge in [-0.15, -0.1) is 0 Å². The third kappa shape index (κ3) is 5.51. The molecule has 184 valence electrons.